The van der Waals surface area contributed by atoms with Crippen molar-refractivity contribution in [1.82, 2.24) is 14.9 Å². The molecule has 1 atom stereocenters. The topological polar surface area (TPSA) is 78.5 Å². The number of alkyl halides is 3. The van der Waals surface area contributed by atoms with E-state index in [0.29, 0.717) is 6.07 Å². The van der Waals surface area contributed by atoms with Gasteiger partial charge in [0, 0.05) is 13.1 Å². The summed E-state index contributed by atoms with van der Waals surface area (Å²) in [6, 6.07) is 2.68. The summed E-state index contributed by atoms with van der Waals surface area (Å²) in [5.41, 5.74) is -1.26. The average Bonchev–Trinajstić information content (AvgIpc) is 2.60. The van der Waals surface area contributed by atoms with Gasteiger partial charge in [0.15, 0.2) is 0 Å². The van der Waals surface area contributed by atoms with Crippen molar-refractivity contribution in [3.05, 3.63) is 29.8 Å². The van der Waals surface area contributed by atoms with Crippen LogP contribution in [0.1, 0.15) is 25.3 Å². The molecule has 27 heavy (non-hydrogen) atoms. The molecule has 11 heteroatoms. The van der Waals surface area contributed by atoms with Gasteiger partial charge in [0.2, 0.25) is 15.9 Å². The zero-order valence-corrected chi connectivity index (χ0v) is 16.5. The summed E-state index contributed by atoms with van der Waals surface area (Å²) >= 11 is 0. The number of likely N-dealkylation sites (N-methyl/N-ethyl adjacent to an activating group) is 1. The molecule has 1 unspecified atom stereocenters. The van der Waals surface area contributed by atoms with Crippen LogP contribution in [-0.4, -0.2) is 51.4 Å². The minimum atomic E-state index is -4.82. The standard InChI is InChI=1S/C16H22F3N3O3S.ClH/c1-11(15(23)22(2)12-7-9-20-10-8-12)21-26(24,25)14-6-4-3-5-13(14)16(17,18)19;/h3-6,11-12,20-21H,7-10H2,1-2H3;1H. The molecule has 0 radical (unpaired) electrons. The second kappa shape index (κ2) is 9.22. The van der Waals surface area contributed by atoms with Gasteiger partial charge in [0.1, 0.15) is 0 Å². The van der Waals surface area contributed by atoms with Crippen molar-refractivity contribution in [2.75, 3.05) is 20.1 Å². The summed E-state index contributed by atoms with van der Waals surface area (Å²) in [7, 11) is -2.94. The molecule has 6 nitrogen and oxygen atoms in total. The molecule has 0 spiro atoms. The van der Waals surface area contributed by atoms with Crippen molar-refractivity contribution < 1.29 is 26.4 Å². The third-order valence-corrected chi connectivity index (χ3v) is 5.99. The molecule has 2 rings (SSSR count). The van der Waals surface area contributed by atoms with Gasteiger partial charge in [-0.05, 0) is 45.0 Å². The Balaban J connectivity index is 0.00000364. The molecular formula is C16H23ClF3N3O3S. The Bertz CT molecular complexity index is 753. The third kappa shape index (κ3) is 5.81. The first-order valence-corrected chi connectivity index (χ1v) is 9.68. The lowest BCUT2D eigenvalue weighted by molar-refractivity contribution is -0.139. The number of piperidine rings is 1. The van der Waals surface area contributed by atoms with E-state index >= 15 is 0 Å². The number of rotatable bonds is 5. The number of hydrogen-bond donors (Lipinski definition) is 2. The number of amides is 1. The van der Waals surface area contributed by atoms with Gasteiger partial charge in [-0.1, -0.05) is 12.1 Å². The molecule has 1 aromatic carbocycles. The number of halogens is 4. The van der Waals surface area contributed by atoms with Crippen LogP contribution in [0.25, 0.3) is 0 Å². The summed E-state index contributed by atoms with van der Waals surface area (Å²) in [4.78, 5) is 13.1. The van der Waals surface area contributed by atoms with Crippen molar-refractivity contribution in [3.8, 4) is 0 Å². The molecule has 0 saturated carbocycles. The maximum absolute atomic E-state index is 13.1. The lowest BCUT2D eigenvalue weighted by Crippen LogP contribution is -2.51. The minimum absolute atomic E-state index is 0. The Kier molecular flexibility index (Phi) is 8.09. The lowest BCUT2D eigenvalue weighted by atomic mass is 10.0. The number of carbonyl (C=O) groups excluding carboxylic acids is 1. The van der Waals surface area contributed by atoms with E-state index in [0.717, 1.165) is 38.1 Å². The van der Waals surface area contributed by atoms with Gasteiger partial charge in [-0.15, -0.1) is 12.4 Å². The predicted molar refractivity (Wildman–Crippen MR) is 97.1 cm³/mol. The first-order valence-electron chi connectivity index (χ1n) is 8.20. The minimum Gasteiger partial charge on any atom is -0.341 e. The molecule has 0 aromatic heterocycles. The summed E-state index contributed by atoms with van der Waals surface area (Å²) in [6.45, 7) is 2.83. The largest absolute Gasteiger partial charge is 0.417 e. The fourth-order valence-corrected chi connectivity index (χ4v) is 4.39. The van der Waals surface area contributed by atoms with Gasteiger partial charge in [0.05, 0.1) is 16.5 Å². The maximum Gasteiger partial charge on any atom is 0.417 e. The maximum atomic E-state index is 13.1. The Morgan fingerprint density at radius 3 is 2.37 bits per heavy atom. The summed E-state index contributed by atoms with van der Waals surface area (Å²) in [5.74, 6) is -0.482. The molecule has 1 amide bonds. The van der Waals surface area contributed by atoms with Crippen molar-refractivity contribution in [2.45, 2.75) is 42.9 Å². The predicted octanol–water partition coefficient (Wildman–Crippen LogP) is 2.00. The molecule has 1 saturated heterocycles. The van der Waals surface area contributed by atoms with E-state index in [4.69, 9.17) is 0 Å². The quantitative estimate of drug-likeness (QED) is 0.750. The highest BCUT2D eigenvalue weighted by Crippen LogP contribution is 2.33. The number of carbonyl (C=O) groups is 1. The monoisotopic (exact) mass is 429 g/mol. The van der Waals surface area contributed by atoms with E-state index < -0.39 is 38.6 Å². The highest BCUT2D eigenvalue weighted by molar-refractivity contribution is 7.89. The Hall–Kier alpha value is -1.36. The number of benzene rings is 1. The number of hydrogen-bond acceptors (Lipinski definition) is 4. The normalized spacial score (nSPS) is 17.1. The van der Waals surface area contributed by atoms with Gasteiger partial charge < -0.3 is 10.2 Å². The van der Waals surface area contributed by atoms with Gasteiger partial charge in [-0.3, -0.25) is 4.79 Å². The van der Waals surface area contributed by atoms with Crippen molar-refractivity contribution >= 4 is 28.3 Å². The van der Waals surface area contributed by atoms with Gasteiger partial charge in [-0.2, -0.15) is 17.9 Å². The van der Waals surface area contributed by atoms with E-state index in [2.05, 4.69) is 10.0 Å². The zero-order valence-electron chi connectivity index (χ0n) is 14.9. The molecule has 1 heterocycles. The van der Waals surface area contributed by atoms with Crippen LogP contribution in [0.4, 0.5) is 13.2 Å². The third-order valence-electron chi connectivity index (χ3n) is 4.39. The Morgan fingerprint density at radius 1 is 1.26 bits per heavy atom. The lowest BCUT2D eigenvalue weighted by Gasteiger charge is -2.33. The van der Waals surface area contributed by atoms with Crippen LogP contribution in [0, 0.1) is 0 Å². The van der Waals surface area contributed by atoms with E-state index in [9.17, 15) is 26.4 Å². The Morgan fingerprint density at radius 2 is 1.81 bits per heavy atom. The average molecular weight is 430 g/mol. The summed E-state index contributed by atoms with van der Waals surface area (Å²) in [6.07, 6.45) is -3.35. The van der Waals surface area contributed by atoms with Crippen molar-refractivity contribution in [2.24, 2.45) is 0 Å². The van der Waals surface area contributed by atoms with Crippen LogP contribution >= 0.6 is 12.4 Å². The van der Waals surface area contributed by atoms with E-state index in [1.54, 1.807) is 7.05 Å². The molecule has 0 aliphatic carbocycles. The molecule has 0 bridgehead atoms. The Labute approximate surface area is 163 Å². The van der Waals surface area contributed by atoms with Gasteiger partial charge in [-0.25, -0.2) is 8.42 Å². The van der Waals surface area contributed by atoms with Crippen molar-refractivity contribution in [3.63, 3.8) is 0 Å². The number of nitrogens with one attached hydrogen (secondary N) is 2. The van der Waals surface area contributed by atoms with E-state index in [1.807, 2.05) is 0 Å². The van der Waals surface area contributed by atoms with E-state index in [-0.39, 0.29) is 18.4 Å². The molecule has 1 aromatic rings. The van der Waals surface area contributed by atoms with Crippen LogP contribution < -0.4 is 10.0 Å². The van der Waals surface area contributed by atoms with Crippen LogP contribution in [-0.2, 0) is 21.0 Å². The number of sulfonamides is 1. The zero-order chi connectivity index (χ0) is 19.5. The fraction of sp³-hybridized carbons (Fsp3) is 0.562. The molecule has 1 aliphatic heterocycles. The van der Waals surface area contributed by atoms with Crippen LogP contribution in [0.15, 0.2) is 29.2 Å². The SMILES string of the molecule is CC(NS(=O)(=O)c1ccccc1C(F)(F)F)C(=O)N(C)C1CCNCC1.Cl. The molecule has 2 N–H and O–H groups in total. The van der Waals surface area contributed by atoms with Crippen LogP contribution in [0.2, 0.25) is 0 Å². The molecule has 154 valence electrons. The van der Waals surface area contributed by atoms with Crippen molar-refractivity contribution in [1.29, 1.82) is 0 Å². The van der Waals surface area contributed by atoms with Gasteiger partial charge >= 0.3 is 6.18 Å². The first kappa shape index (κ1) is 23.7. The first-order chi connectivity index (χ1) is 12.0. The van der Waals surface area contributed by atoms with Gasteiger partial charge in [0.25, 0.3) is 0 Å². The number of nitrogens with zero attached hydrogens (tertiary/aromatic N) is 1. The smallest absolute Gasteiger partial charge is 0.341 e. The molecule has 1 aliphatic rings. The second-order valence-corrected chi connectivity index (χ2v) is 7.95. The summed E-state index contributed by atoms with van der Waals surface area (Å²) < 4.78 is 66.1. The molecule has 1 fully saturated rings. The highest BCUT2D eigenvalue weighted by Gasteiger charge is 2.38. The molecular weight excluding hydrogens is 407 g/mol. The highest BCUT2D eigenvalue weighted by atomic mass is 35.5. The van der Waals surface area contributed by atoms with Crippen LogP contribution in [0.5, 0.6) is 0 Å². The summed E-state index contributed by atoms with van der Waals surface area (Å²) in [5, 5.41) is 3.16. The van der Waals surface area contributed by atoms with E-state index in [1.165, 1.54) is 17.9 Å². The van der Waals surface area contributed by atoms with Crippen LogP contribution in [0.3, 0.4) is 0 Å². The fourth-order valence-electron chi connectivity index (χ4n) is 2.96. The second-order valence-electron chi connectivity index (χ2n) is 6.27.